The van der Waals surface area contributed by atoms with Gasteiger partial charge in [-0.2, -0.15) is 9.97 Å². The fourth-order valence-electron chi connectivity index (χ4n) is 3.99. The maximum atomic E-state index is 11.4. The third kappa shape index (κ3) is 6.20. The summed E-state index contributed by atoms with van der Waals surface area (Å²) in [6.45, 7) is 2.06. The van der Waals surface area contributed by atoms with E-state index in [0.29, 0.717) is 30.6 Å². The number of nitrogens with zero attached hydrogens (tertiary/aromatic N) is 4. The van der Waals surface area contributed by atoms with E-state index >= 15 is 0 Å². The van der Waals surface area contributed by atoms with E-state index in [1.54, 1.807) is 6.92 Å². The molecule has 1 fully saturated rings. The first-order valence-electron chi connectivity index (χ1n) is 12.1. The molecule has 37 heavy (non-hydrogen) atoms. The summed E-state index contributed by atoms with van der Waals surface area (Å²) < 4.78 is 7.29. The number of fused-ring (bicyclic) bond motifs is 1. The minimum Gasteiger partial charge on any atom is -0.387 e. The van der Waals surface area contributed by atoms with Crippen molar-refractivity contribution in [1.82, 2.24) is 25.0 Å². The molecule has 1 saturated heterocycles. The van der Waals surface area contributed by atoms with Crippen LogP contribution in [0.3, 0.4) is 0 Å². The number of aliphatic hydroxyl groups excluding tert-OH is 2. The highest BCUT2D eigenvalue weighted by Gasteiger charge is 2.44. The van der Waals surface area contributed by atoms with Crippen molar-refractivity contribution in [2.75, 3.05) is 24.2 Å². The summed E-state index contributed by atoms with van der Waals surface area (Å²) >= 11 is 0. The third-order valence-electron chi connectivity index (χ3n) is 6.09. The largest absolute Gasteiger partial charge is 0.387 e. The van der Waals surface area contributed by atoms with Crippen LogP contribution < -0.4 is 16.5 Å². The van der Waals surface area contributed by atoms with Gasteiger partial charge in [-0.05, 0) is 24.0 Å². The van der Waals surface area contributed by atoms with E-state index in [1.165, 1.54) is 10.9 Å². The van der Waals surface area contributed by atoms with Crippen LogP contribution in [-0.2, 0) is 32.0 Å². The van der Waals surface area contributed by atoms with E-state index in [-0.39, 0.29) is 30.7 Å². The zero-order valence-electron chi connectivity index (χ0n) is 20.4. The molecule has 1 aliphatic rings. The van der Waals surface area contributed by atoms with Crippen molar-refractivity contribution in [2.45, 2.75) is 57.1 Å². The molecule has 13 nitrogen and oxygen atoms in total. The standard InChI is InChI=1S/C24H31N7O6/c1-2-17(33)30-36-12-16-19(34)20(35)23(37-16)31-13-27-18-21(25)28-24(29-22(18)31)26-10-9-15-7-5-14(6-8-15)4-3-11-32/h5-8,11,13,16,19-20,23,34-35H,2-4,9-10,12H2,1H3,(H,30,33)(H3,25,26,28,29)/t16-,19?,20?,23-/m1/s1. The molecule has 13 heteroatoms. The van der Waals surface area contributed by atoms with Crippen LogP contribution in [0.25, 0.3) is 11.2 Å². The monoisotopic (exact) mass is 513 g/mol. The van der Waals surface area contributed by atoms with Gasteiger partial charge in [-0.1, -0.05) is 31.2 Å². The lowest BCUT2D eigenvalue weighted by Gasteiger charge is -2.17. The smallest absolute Gasteiger partial charge is 0.243 e. The molecule has 0 saturated carbocycles. The number of imidazole rings is 1. The molecule has 2 aromatic heterocycles. The van der Waals surface area contributed by atoms with Crippen molar-refractivity contribution in [3.05, 3.63) is 41.7 Å². The topological polar surface area (TPSA) is 187 Å². The number of hydroxylamine groups is 1. The number of amides is 1. The number of aliphatic hydroxyl groups is 2. The molecule has 0 bridgehead atoms. The van der Waals surface area contributed by atoms with E-state index in [0.717, 1.165) is 23.8 Å². The number of hydrogen-bond donors (Lipinski definition) is 5. The van der Waals surface area contributed by atoms with Gasteiger partial charge in [0.15, 0.2) is 17.7 Å². The van der Waals surface area contributed by atoms with Gasteiger partial charge in [0.2, 0.25) is 11.9 Å². The van der Waals surface area contributed by atoms with E-state index in [1.807, 2.05) is 24.3 Å². The van der Waals surface area contributed by atoms with Gasteiger partial charge in [0.05, 0.1) is 6.33 Å². The number of rotatable bonds is 12. The maximum Gasteiger partial charge on any atom is 0.243 e. The predicted molar refractivity (Wildman–Crippen MR) is 133 cm³/mol. The van der Waals surface area contributed by atoms with Crippen LogP contribution in [0, 0.1) is 0 Å². The van der Waals surface area contributed by atoms with E-state index in [4.69, 9.17) is 15.3 Å². The summed E-state index contributed by atoms with van der Waals surface area (Å²) in [7, 11) is 0. The Morgan fingerprint density at radius 2 is 1.92 bits per heavy atom. The molecular formula is C24H31N7O6. The third-order valence-corrected chi connectivity index (χ3v) is 6.09. The molecule has 0 spiro atoms. The lowest BCUT2D eigenvalue weighted by Crippen LogP contribution is -2.36. The minimum atomic E-state index is -1.30. The second-order valence-corrected chi connectivity index (χ2v) is 8.69. The Balaban J connectivity index is 1.41. The van der Waals surface area contributed by atoms with Crippen LogP contribution in [-0.4, -0.2) is 73.4 Å². The van der Waals surface area contributed by atoms with Crippen molar-refractivity contribution < 1.29 is 29.4 Å². The number of carbonyl (C=O) groups is 2. The number of benzene rings is 1. The number of anilines is 2. The van der Waals surface area contributed by atoms with Gasteiger partial charge in [-0.15, -0.1) is 0 Å². The average molecular weight is 514 g/mol. The number of aryl methyl sites for hydroxylation is 1. The van der Waals surface area contributed by atoms with Crippen molar-refractivity contribution in [2.24, 2.45) is 0 Å². The number of aldehydes is 1. The first kappa shape index (κ1) is 26.4. The molecule has 3 heterocycles. The van der Waals surface area contributed by atoms with E-state index in [9.17, 15) is 19.8 Å². The lowest BCUT2D eigenvalue weighted by atomic mass is 10.1. The van der Waals surface area contributed by atoms with Crippen molar-refractivity contribution in [3.63, 3.8) is 0 Å². The molecule has 0 radical (unpaired) electrons. The second-order valence-electron chi connectivity index (χ2n) is 8.69. The van der Waals surface area contributed by atoms with Gasteiger partial charge in [0.1, 0.15) is 36.7 Å². The Labute approximate surface area is 213 Å². The second kappa shape index (κ2) is 12.1. The number of aromatic nitrogens is 4. The molecule has 1 aromatic carbocycles. The fraction of sp³-hybridized carbons (Fsp3) is 0.458. The number of carbonyl (C=O) groups excluding carboxylic acids is 2. The molecule has 3 aromatic rings. The Hall–Kier alpha value is -3.65. The zero-order chi connectivity index (χ0) is 26.4. The number of hydrogen-bond acceptors (Lipinski definition) is 11. The highest BCUT2D eigenvalue weighted by Crippen LogP contribution is 2.32. The van der Waals surface area contributed by atoms with E-state index in [2.05, 4.69) is 25.7 Å². The minimum absolute atomic E-state index is 0.154. The molecule has 4 atom stereocenters. The summed E-state index contributed by atoms with van der Waals surface area (Å²) in [5.41, 5.74) is 11.2. The number of nitrogens with two attached hydrogens (primary N) is 1. The van der Waals surface area contributed by atoms with Crippen LogP contribution in [0.1, 0.15) is 37.1 Å². The van der Waals surface area contributed by atoms with Crippen LogP contribution in [0.2, 0.25) is 0 Å². The molecule has 198 valence electrons. The van der Waals surface area contributed by atoms with Crippen molar-refractivity contribution in [3.8, 4) is 0 Å². The molecule has 4 rings (SSSR count). The van der Waals surface area contributed by atoms with Crippen molar-refractivity contribution >= 4 is 35.1 Å². The summed E-state index contributed by atoms with van der Waals surface area (Å²) in [6, 6.07) is 8.06. The number of ether oxygens (including phenoxy) is 1. The first-order valence-corrected chi connectivity index (χ1v) is 12.1. The first-order chi connectivity index (χ1) is 17.9. The van der Waals surface area contributed by atoms with Gasteiger partial charge in [0, 0.05) is 19.4 Å². The highest BCUT2D eigenvalue weighted by molar-refractivity contribution is 5.83. The molecule has 2 unspecified atom stereocenters. The summed E-state index contributed by atoms with van der Waals surface area (Å²) in [5, 5.41) is 24.2. The molecule has 1 amide bonds. The maximum absolute atomic E-state index is 11.4. The van der Waals surface area contributed by atoms with Crippen molar-refractivity contribution in [1.29, 1.82) is 0 Å². The fourth-order valence-corrected chi connectivity index (χ4v) is 3.99. The Morgan fingerprint density at radius 1 is 1.19 bits per heavy atom. The van der Waals surface area contributed by atoms with Gasteiger partial charge in [-0.3, -0.25) is 14.2 Å². The lowest BCUT2D eigenvalue weighted by molar-refractivity contribution is -0.139. The average Bonchev–Trinajstić information content (AvgIpc) is 3.44. The van der Waals surface area contributed by atoms with Gasteiger partial charge < -0.3 is 30.8 Å². The number of nitrogens with one attached hydrogen (secondary N) is 2. The van der Waals surface area contributed by atoms with Gasteiger partial charge in [-0.25, -0.2) is 10.5 Å². The predicted octanol–water partition coefficient (Wildman–Crippen LogP) is 0.272. The summed E-state index contributed by atoms with van der Waals surface area (Å²) in [6.07, 6.45) is 0.0526. The Morgan fingerprint density at radius 3 is 2.62 bits per heavy atom. The highest BCUT2D eigenvalue weighted by atomic mass is 16.7. The molecular weight excluding hydrogens is 482 g/mol. The normalized spacial score (nSPS) is 21.3. The molecule has 6 N–H and O–H groups in total. The van der Waals surface area contributed by atoms with Crippen LogP contribution in [0.5, 0.6) is 0 Å². The van der Waals surface area contributed by atoms with Gasteiger partial charge >= 0.3 is 0 Å². The SMILES string of the molecule is CCC(=O)NOC[C@H]1O[C@@H](n2cnc3c(N)nc(NCCc4ccc(CCC=O)cc4)nc32)C(O)C1O. The summed E-state index contributed by atoms with van der Waals surface area (Å²) in [4.78, 5) is 40.0. The van der Waals surface area contributed by atoms with Crippen LogP contribution >= 0.6 is 0 Å². The quantitative estimate of drug-likeness (QED) is 0.165. The number of nitrogen functional groups attached to an aromatic ring is 1. The zero-order valence-corrected chi connectivity index (χ0v) is 20.4. The Kier molecular flexibility index (Phi) is 8.61. The van der Waals surface area contributed by atoms with Crippen LogP contribution in [0.4, 0.5) is 11.8 Å². The molecule has 1 aliphatic heterocycles. The van der Waals surface area contributed by atoms with Crippen LogP contribution in [0.15, 0.2) is 30.6 Å². The molecule has 0 aliphatic carbocycles. The van der Waals surface area contributed by atoms with Gasteiger partial charge in [0.25, 0.3) is 0 Å². The van der Waals surface area contributed by atoms with E-state index < -0.39 is 24.5 Å². The summed E-state index contributed by atoms with van der Waals surface area (Å²) in [5.74, 6) is 0.120. The Bertz CT molecular complexity index is 1220.